The predicted octanol–water partition coefficient (Wildman–Crippen LogP) is 4.28. The van der Waals surface area contributed by atoms with Crippen LogP contribution in [0.4, 0.5) is 13.2 Å². The van der Waals surface area contributed by atoms with Crippen LogP contribution in [-0.2, 0) is 11.3 Å². The van der Waals surface area contributed by atoms with Crippen molar-refractivity contribution in [3.8, 4) is 11.1 Å². The van der Waals surface area contributed by atoms with Gasteiger partial charge in [-0.15, -0.1) is 0 Å². The molecule has 0 saturated heterocycles. The molecular weight excluding hydrogens is 399 g/mol. The van der Waals surface area contributed by atoms with Crippen LogP contribution in [-0.4, -0.2) is 33.5 Å². The van der Waals surface area contributed by atoms with Gasteiger partial charge in [0.25, 0.3) is 5.56 Å². The summed E-state index contributed by atoms with van der Waals surface area (Å²) in [6.45, 7) is 0.433. The summed E-state index contributed by atoms with van der Waals surface area (Å²) < 4.78 is 45.4. The lowest BCUT2D eigenvalue weighted by Crippen LogP contribution is -2.28. The van der Waals surface area contributed by atoms with E-state index < -0.39 is 24.2 Å². The number of rotatable bonds is 4. The van der Waals surface area contributed by atoms with Crippen molar-refractivity contribution in [2.75, 3.05) is 6.61 Å². The summed E-state index contributed by atoms with van der Waals surface area (Å²) >= 11 is 0. The second-order valence-electron chi connectivity index (χ2n) is 6.66. The number of nitrogens with one attached hydrogen (secondary N) is 1. The van der Waals surface area contributed by atoms with E-state index >= 15 is 0 Å². The minimum absolute atomic E-state index is 0.0754. The van der Waals surface area contributed by atoms with Gasteiger partial charge < -0.3 is 4.74 Å². The molecule has 0 bridgehead atoms. The fourth-order valence-corrected chi connectivity index (χ4v) is 3.50. The number of carbonyl (C=O) groups is 1. The molecule has 0 unspecified atom stereocenters. The SMILES string of the molecule is CCOC(=O)c1ccccc1-c1ccc2c3[nH]ncc3c(=O)n(CC(F)(F)F)c2c1. The highest BCUT2D eigenvalue weighted by Crippen LogP contribution is 2.31. The smallest absolute Gasteiger partial charge is 0.406 e. The normalized spacial score (nSPS) is 11.9. The fraction of sp³-hybridized carbons (Fsp3) is 0.190. The first kappa shape index (κ1) is 19.7. The van der Waals surface area contributed by atoms with Crippen molar-refractivity contribution < 1.29 is 22.7 Å². The highest BCUT2D eigenvalue weighted by atomic mass is 19.4. The number of hydrogen-bond acceptors (Lipinski definition) is 4. The van der Waals surface area contributed by atoms with Crippen LogP contribution in [0.1, 0.15) is 17.3 Å². The summed E-state index contributed by atoms with van der Waals surface area (Å²) in [6.07, 6.45) is -3.37. The zero-order valence-corrected chi connectivity index (χ0v) is 15.8. The van der Waals surface area contributed by atoms with Gasteiger partial charge in [-0.1, -0.05) is 30.3 Å². The number of aromatic amines is 1. The summed E-state index contributed by atoms with van der Waals surface area (Å²) in [6, 6.07) is 11.4. The number of alkyl halides is 3. The topological polar surface area (TPSA) is 77.0 Å². The van der Waals surface area contributed by atoms with Crippen LogP contribution >= 0.6 is 0 Å². The summed E-state index contributed by atoms with van der Waals surface area (Å²) in [5, 5.41) is 6.98. The molecule has 0 aliphatic rings. The number of halogens is 3. The van der Waals surface area contributed by atoms with Crippen molar-refractivity contribution in [3.63, 3.8) is 0 Å². The number of benzene rings is 2. The molecular formula is C21H16F3N3O3. The van der Waals surface area contributed by atoms with Crippen molar-refractivity contribution >= 4 is 27.8 Å². The number of aromatic nitrogens is 3. The van der Waals surface area contributed by atoms with Crippen molar-refractivity contribution in [1.29, 1.82) is 0 Å². The van der Waals surface area contributed by atoms with Gasteiger partial charge in [-0.3, -0.25) is 14.5 Å². The largest absolute Gasteiger partial charge is 0.462 e. The van der Waals surface area contributed by atoms with E-state index in [-0.39, 0.29) is 23.1 Å². The zero-order chi connectivity index (χ0) is 21.5. The Labute approximate surface area is 167 Å². The Kier molecular flexibility index (Phi) is 4.81. The summed E-state index contributed by atoms with van der Waals surface area (Å²) in [7, 11) is 0. The molecule has 1 N–H and O–H groups in total. The molecule has 9 heteroatoms. The molecule has 0 spiro atoms. The molecule has 0 radical (unpaired) electrons. The summed E-state index contributed by atoms with van der Waals surface area (Å²) in [4.78, 5) is 25.0. The van der Waals surface area contributed by atoms with E-state index in [9.17, 15) is 22.8 Å². The summed E-state index contributed by atoms with van der Waals surface area (Å²) in [5.41, 5.74) is 0.920. The molecule has 2 aromatic carbocycles. The molecule has 2 aromatic heterocycles. The van der Waals surface area contributed by atoms with E-state index in [0.717, 1.165) is 0 Å². The van der Waals surface area contributed by atoms with Crippen LogP contribution in [0.2, 0.25) is 0 Å². The Morgan fingerprint density at radius 3 is 2.67 bits per heavy atom. The second-order valence-corrected chi connectivity index (χ2v) is 6.66. The monoisotopic (exact) mass is 415 g/mol. The Morgan fingerprint density at radius 2 is 1.93 bits per heavy atom. The van der Waals surface area contributed by atoms with E-state index in [4.69, 9.17) is 4.74 Å². The van der Waals surface area contributed by atoms with Crippen molar-refractivity contribution in [2.45, 2.75) is 19.6 Å². The van der Waals surface area contributed by atoms with Gasteiger partial charge >= 0.3 is 12.1 Å². The first-order chi connectivity index (χ1) is 14.3. The van der Waals surface area contributed by atoms with Gasteiger partial charge in [0.15, 0.2) is 0 Å². The Bertz CT molecular complexity index is 1320. The predicted molar refractivity (Wildman–Crippen MR) is 105 cm³/mol. The summed E-state index contributed by atoms with van der Waals surface area (Å²) in [5.74, 6) is -0.537. The van der Waals surface area contributed by atoms with Gasteiger partial charge in [-0.25, -0.2) is 4.79 Å². The minimum Gasteiger partial charge on any atom is -0.462 e. The third-order valence-electron chi connectivity index (χ3n) is 4.74. The molecule has 154 valence electrons. The number of pyridine rings is 1. The van der Waals surface area contributed by atoms with Gasteiger partial charge in [0.2, 0.25) is 0 Å². The fourth-order valence-electron chi connectivity index (χ4n) is 3.50. The van der Waals surface area contributed by atoms with Crippen molar-refractivity contribution in [2.24, 2.45) is 0 Å². The number of fused-ring (bicyclic) bond motifs is 3. The Morgan fingerprint density at radius 1 is 1.17 bits per heavy atom. The standard InChI is InChI=1S/C21H16F3N3O3/c1-2-30-20(29)14-6-4-3-5-13(14)12-7-8-15-17(9-12)27(11-21(22,23)24)19(28)16-10-25-26-18(15)16/h3-10H,2,11H2,1H3,(H,25,26). The van der Waals surface area contributed by atoms with Crippen LogP contribution < -0.4 is 5.56 Å². The Hall–Kier alpha value is -3.62. The lowest BCUT2D eigenvalue weighted by molar-refractivity contribution is -0.140. The van der Waals surface area contributed by atoms with Gasteiger partial charge in [0.05, 0.1) is 34.8 Å². The van der Waals surface area contributed by atoms with E-state index in [1.165, 1.54) is 12.3 Å². The minimum atomic E-state index is -4.59. The number of ether oxygens (including phenoxy) is 1. The quantitative estimate of drug-likeness (QED) is 0.505. The van der Waals surface area contributed by atoms with Crippen molar-refractivity contribution in [3.05, 3.63) is 64.6 Å². The lowest BCUT2D eigenvalue weighted by Gasteiger charge is -2.15. The van der Waals surface area contributed by atoms with Crippen LogP contribution in [0, 0.1) is 0 Å². The average molecular weight is 415 g/mol. The molecule has 2 heterocycles. The number of H-pyrrole nitrogens is 1. The van der Waals surface area contributed by atoms with Gasteiger partial charge in [-0.2, -0.15) is 18.3 Å². The second kappa shape index (κ2) is 7.33. The van der Waals surface area contributed by atoms with E-state index in [1.807, 2.05) is 0 Å². The molecule has 0 aliphatic heterocycles. The molecule has 30 heavy (non-hydrogen) atoms. The lowest BCUT2D eigenvalue weighted by atomic mass is 9.98. The van der Waals surface area contributed by atoms with E-state index in [0.29, 0.717) is 26.6 Å². The van der Waals surface area contributed by atoms with Crippen molar-refractivity contribution in [1.82, 2.24) is 14.8 Å². The molecule has 0 saturated carbocycles. The van der Waals surface area contributed by atoms with Gasteiger partial charge in [0.1, 0.15) is 6.54 Å². The molecule has 0 fully saturated rings. The molecule has 0 aliphatic carbocycles. The first-order valence-corrected chi connectivity index (χ1v) is 9.13. The van der Waals surface area contributed by atoms with E-state index in [2.05, 4.69) is 10.2 Å². The number of esters is 1. The molecule has 0 amide bonds. The van der Waals surface area contributed by atoms with E-state index in [1.54, 1.807) is 43.3 Å². The average Bonchev–Trinajstić information content (AvgIpc) is 3.20. The maximum Gasteiger partial charge on any atom is 0.406 e. The number of hydrogen-bond donors (Lipinski definition) is 1. The van der Waals surface area contributed by atoms with Crippen LogP contribution in [0.25, 0.3) is 32.9 Å². The molecule has 4 rings (SSSR count). The highest BCUT2D eigenvalue weighted by Gasteiger charge is 2.30. The third kappa shape index (κ3) is 3.42. The molecule has 0 atom stereocenters. The Balaban J connectivity index is 2.00. The number of carbonyl (C=O) groups excluding carboxylic acids is 1. The van der Waals surface area contributed by atoms with Gasteiger partial charge in [-0.05, 0) is 30.2 Å². The maximum absolute atomic E-state index is 13.2. The van der Waals surface area contributed by atoms with Crippen LogP contribution in [0.5, 0.6) is 0 Å². The highest BCUT2D eigenvalue weighted by molar-refractivity contribution is 6.05. The van der Waals surface area contributed by atoms with Crippen LogP contribution in [0.3, 0.4) is 0 Å². The third-order valence-corrected chi connectivity index (χ3v) is 4.74. The van der Waals surface area contributed by atoms with Gasteiger partial charge in [0, 0.05) is 5.39 Å². The van der Waals surface area contributed by atoms with Crippen LogP contribution in [0.15, 0.2) is 53.5 Å². The number of nitrogens with zero attached hydrogens (tertiary/aromatic N) is 2. The molecule has 6 nitrogen and oxygen atoms in total. The molecule has 4 aromatic rings. The first-order valence-electron chi connectivity index (χ1n) is 9.13. The maximum atomic E-state index is 13.2. The zero-order valence-electron chi connectivity index (χ0n) is 15.8.